The highest BCUT2D eigenvalue weighted by Crippen LogP contribution is 2.22. The van der Waals surface area contributed by atoms with Crippen LogP contribution in [0.2, 0.25) is 0 Å². The van der Waals surface area contributed by atoms with E-state index in [9.17, 15) is 4.79 Å². The van der Waals surface area contributed by atoms with E-state index in [1.54, 1.807) is 0 Å². The lowest BCUT2D eigenvalue weighted by Crippen LogP contribution is -2.31. The lowest BCUT2D eigenvalue weighted by molar-refractivity contribution is -0.128. The van der Waals surface area contributed by atoms with Crippen LogP contribution in [0.25, 0.3) is 0 Å². The highest BCUT2D eigenvalue weighted by Gasteiger charge is 2.30. The predicted molar refractivity (Wildman–Crippen MR) is 71.9 cm³/mol. The van der Waals surface area contributed by atoms with E-state index in [0.29, 0.717) is 6.54 Å². The minimum atomic E-state index is 0.0607. The van der Waals surface area contributed by atoms with Crippen molar-refractivity contribution >= 4 is 17.7 Å². The summed E-state index contributed by atoms with van der Waals surface area (Å²) in [5.41, 5.74) is 1.17. The van der Waals surface area contributed by atoms with Crippen molar-refractivity contribution in [2.24, 2.45) is 0 Å². The summed E-state index contributed by atoms with van der Waals surface area (Å²) in [5, 5.41) is 3.27. The number of nitrogens with one attached hydrogen (secondary N) is 1. The minimum absolute atomic E-state index is 0.0607. The maximum absolute atomic E-state index is 11.8. The number of hydrogen-bond acceptors (Lipinski definition) is 3. The molecule has 0 radical (unpaired) electrons. The summed E-state index contributed by atoms with van der Waals surface area (Å²) in [6.07, 6.45) is 3.21. The molecule has 1 aliphatic rings. The molecule has 0 aliphatic carbocycles. The number of carbonyl (C=O) groups excluding carboxylic acids is 1. The average molecular weight is 250 g/mol. The quantitative estimate of drug-likeness (QED) is 0.810. The third-order valence-electron chi connectivity index (χ3n) is 2.94. The van der Waals surface area contributed by atoms with Crippen LogP contribution >= 0.6 is 11.8 Å². The molecular weight excluding hydrogens is 232 g/mol. The van der Waals surface area contributed by atoms with Crippen LogP contribution in [0.5, 0.6) is 0 Å². The molecule has 1 N–H and O–H groups in total. The van der Waals surface area contributed by atoms with Gasteiger partial charge in [0, 0.05) is 6.54 Å². The smallest absolute Gasteiger partial charge is 0.238 e. The third kappa shape index (κ3) is 3.01. The van der Waals surface area contributed by atoms with Crippen LogP contribution in [-0.2, 0) is 4.79 Å². The molecule has 1 unspecified atom stereocenters. The van der Waals surface area contributed by atoms with E-state index in [4.69, 9.17) is 0 Å². The number of thioether (sulfide) groups is 1. The van der Waals surface area contributed by atoms with Crippen molar-refractivity contribution in [1.82, 2.24) is 10.2 Å². The molecule has 1 aromatic carbocycles. The first kappa shape index (κ1) is 12.5. The van der Waals surface area contributed by atoms with Crippen LogP contribution in [0.1, 0.15) is 18.2 Å². The van der Waals surface area contributed by atoms with E-state index in [2.05, 4.69) is 23.7 Å². The SMILES string of the molecule is CSCCCN1C(=O)CNC1c1ccccc1. The summed E-state index contributed by atoms with van der Waals surface area (Å²) in [6, 6.07) is 10.2. The van der Waals surface area contributed by atoms with Gasteiger partial charge in [0.25, 0.3) is 0 Å². The molecule has 4 heteroatoms. The molecule has 0 aromatic heterocycles. The molecule has 0 spiro atoms. The van der Waals surface area contributed by atoms with E-state index < -0.39 is 0 Å². The van der Waals surface area contributed by atoms with Gasteiger partial charge in [0.15, 0.2) is 0 Å². The fraction of sp³-hybridized carbons (Fsp3) is 0.462. The standard InChI is InChI=1S/C13H18N2OS/c1-17-9-5-8-15-12(16)10-14-13(15)11-6-3-2-4-7-11/h2-4,6-7,13-14H,5,8-10H2,1H3. The Kier molecular flexibility index (Phi) is 4.45. The molecule has 0 bridgehead atoms. The van der Waals surface area contributed by atoms with Gasteiger partial charge in [-0.15, -0.1) is 0 Å². The average Bonchev–Trinajstić information content (AvgIpc) is 2.73. The Balaban J connectivity index is 2.03. The fourth-order valence-electron chi connectivity index (χ4n) is 2.11. The van der Waals surface area contributed by atoms with E-state index >= 15 is 0 Å². The third-order valence-corrected chi connectivity index (χ3v) is 3.64. The van der Waals surface area contributed by atoms with Gasteiger partial charge in [0.2, 0.25) is 5.91 Å². The Hall–Kier alpha value is -1.00. The predicted octanol–water partition coefficient (Wildman–Crippen LogP) is 1.87. The summed E-state index contributed by atoms with van der Waals surface area (Å²) >= 11 is 1.82. The lowest BCUT2D eigenvalue weighted by atomic mass is 10.1. The molecule has 1 aliphatic heterocycles. The van der Waals surface area contributed by atoms with Crippen molar-refractivity contribution in [2.45, 2.75) is 12.6 Å². The monoisotopic (exact) mass is 250 g/mol. The first-order valence-electron chi connectivity index (χ1n) is 5.89. The molecule has 1 fully saturated rings. The number of amides is 1. The normalized spacial score (nSPS) is 19.9. The first-order chi connectivity index (χ1) is 8.33. The molecular formula is C13H18N2OS. The number of carbonyl (C=O) groups is 1. The summed E-state index contributed by atoms with van der Waals surface area (Å²) in [5.74, 6) is 1.31. The van der Waals surface area contributed by atoms with Crippen molar-refractivity contribution in [3.8, 4) is 0 Å². The Morgan fingerprint density at radius 2 is 2.18 bits per heavy atom. The van der Waals surface area contributed by atoms with Crippen LogP contribution < -0.4 is 5.32 Å². The van der Waals surface area contributed by atoms with Crippen molar-refractivity contribution in [1.29, 1.82) is 0 Å². The Morgan fingerprint density at radius 1 is 1.41 bits per heavy atom. The second kappa shape index (κ2) is 6.07. The maximum atomic E-state index is 11.8. The van der Waals surface area contributed by atoms with Gasteiger partial charge in [-0.3, -0.25) is 10.1 Å². The van der Waals surface area contributed by atoms with E-state index in [-0.39, 0.29) is 12.1 Å². The molecule has 17 heavy (non-hydrogen) atoms. The van der Waals surface area contributed by atoms with Gasteiger partial charge in [-0.1, -0.05) is 30.3 Å². The van der Waals surface area contributed by atoms with Gasteiger partial charge in [0.05, 0.1) is 6.54 Å². The summed E-state index contributed by atoms with van der Waals surface area (Å²) in [7, 11) is 0. The van der Waals surface area contributed by atoms with E-state index in [1.165, 1.54) is 5.56 Å². The number of benzene rings is 1. The molecule has 1 saturated heterocycles. The Labute approximate surface area is 107 Å². The largest absolute Gasteiger partial charge is 0.322 e. The van der Waals surface area contributed by atoms with E-state index in [0.717, 1.165) is 18.7 Å². The summed E-state index contributed by atoms with van der Waals surface area (Å²) in [6.45, 7) is 1.30. The molecule has 1 aromatic rings. The number of rotatable bonds is 5. The van der Waals surface area contributed by atoms with Crippen molar-refractivity contribution in [3.05, 3.63) is 35.9 Å². The number of nitrogens with zero attached hydrogens (tertiary/aromatic N) is 1. The molecule has 1 atom stereocenters. The lowest BCUT2D eigenvalue weighted by Gasteiger charge is -2.24. The van der Waals surface area contributed by atoms with Crippen molar-refractivity contribution < 1.29 is 4.79 Å². The van der Waals surface area contributed by atoms with Gasteiger partial charge in [-0.05, 0) is 24.0 Å². The zero-order valence-electron chi connectivity index (χ0n) is 10.1. The molecule has 1 heterocycles. The van der Waals surface area contributed by atoms with Gasteiger partial charge in [0.1, 0.15) is 6.17 Å². The summed E-state index contributed by atoms with van der Waals surface area (Å²) in [4.78, 5) is 13.8. The maximum Gasteiger partial charge on any atom is 0.238 e. The zero-order valence-corrected chi connectivity index (χ0v) is 10.9. The van der Waals surface area contributed by atoms with Crippen molar-refractivity contribution in [2.75, 3.05) is 25.1 Å². The molecule has 0 saturated carbocycles. The van der Waals surface area contributed by atoms with Crippen LogP contribution in [0.15, 0.2) is 30.3 Å². The van der Waals surface area contributed by atoms with Gasteiger partial charge >= 0.3 is 0 Å². The highest BCUT2D eigenvalue weighted by atomic mass is 32.2. The number of hydrogen-bond donors (Lipinski definition) is 1. The van der Waals surface area contributed by atoms with Crippen LogP contribution in [0.3, 0.4) is 0 Å². The Morgan fingerprint density at radius 3 is 2.88 bits per heavy atom. The molecule has 2 rings (SSSR count). The fourth-order valence-corrected chi connectivity index (χ4v) is 2.52. The first-order valence-corrected chi connectivity index (χ1v) is 7.29. The van der Waals surface area contributed by atoms with Gasteiger partial charge in [-0.25, -0.2) is 0 Å². The van der Waals surface area contributed by atoms with E-state index in [1.807, 2.05) is 34.9 Å². The second-order valence-corrected chi connectivity index (χ2v) is 5.11. The second-order valence-electron chi connectivity index (χ2n) is 4.13. The van der Waals surface area contributed by atoms with Gasteiger partial charge in [-0.2, -0.15) is 11.8 Å². The topological polar surface area (TPSA) is 32.3 Å². The highest BCUT2D eigenvalue weighted by molar-refractivity contribution is 7.98. The summed E-state index contributed by atoms with van der Waals surface area (Å²) < 4.78 is 0. The minimum Gasteiger partial charge on any atom is -0.322 e. The van der Waals surface area contributed by atoms with Crippen LogP contribution in [-0.4, -0.2) is 35.9 Å². The van der Waals surface area contributed by atoms with Crippen LogP contribution in [0, 0.1) is 0 Å². The van der Waals surface area contributed by atoms with Crippen LogP contribution in [0.4, 0.5) is 0 Å². The van der Waals surface area contributed by atoms with Gasteiger partial charge < -0.3 is 4.90 Å². The van der Waals surface area contributed by atoms with Crippen molar-refractivity contribution in [3.63, 3.8) is 0 Å². The molecule has 92 valence electrons. The zero-order chi connectivity index (χ0) is 12.1. The Bertz CT molecular complexity index is 369. The molecule has 1 amide bonds. The molecule has 3 nitrogen and oxygen atoms in total.